The SMILES string of the molecule is CCCC(NC(=O)c1ccc2c(c1)CCCN2C(=O)CCc1ccc(C#N)cc1)c1ccccc1. The second-order valence-electron chi connectivity index (χ2n) is 9.03. The molecule has 3 aromatic rings. The number of fused-ring (bicyclic) bond motifs is 1. The number of nitrogens with zero attached hydrogens (tertiary/aromatic N) is 2. The van der Waals surface area contributed by atoms with Crippen LogP contribution in [0.1, 0.15) is 71.3 Å². The summed E-state index contributed by atoms with van der Waals surface area (Å²) in [5, 5.41) is 12.1. The third kappa shape index (κ3) is 5.96. The van der Waals surface area contributed by atoms with Gasteiger partial charge < -0.3 is 10.2 Å². The second-order valence-corrected chi connectivity index (χ2v) is 9.03. The molecular formula is C30H31N3O2. The lowest BCUT2D eigenvalue weighted by molar-refractivity contribution is -0.118. The number of carbonyl (C=O) groups excluding carboxylic acids is 2. The Labute approximate surface area is 207 Å². The van der Waals surface area contributed by atoms with Crippen molar-refractivity contribution in [1.29, 1.82) is 5.26 Å². The summed E-state index contributed by atoms with van der Waals surface area (Å²) in [6.45, 7) is 2.81. The van der Waals surface area contributed by atoms with Crippen LogP contribution in [0.5, 0.6) is 0 Å². The van der Waals surface area contributed by atoms with Crippen molar-refractivity contribution in [3.8, 4) is 6.07 Å². The average molecular weight is 466 g/mol. The molecule has 0 saturated heterocycles. The highest BCUT2D eigenvalue weighted by Crippen LogP contribution is 2.29. The molecule has 1 aliphatic heterocycles. The third-order valence-corrected chi connectivity index (χ3v) is 6.56. The smallest absolute Gasteiger partial charge is 0.251 e. The van der Waals surface area contributed by atoms with Gasteiger partial charge in [-0.25, -0.2) is 0 Å². The minimum Gasteiger partial charge on any atom is -0.345 e. The topological polar surface area (TPSA) is 73.2 Å². The van der Waals surface area contributed by atoms with Crippen LogP contribution in [-0.4, -0.2) is 18.4 Å². The molecule has 1 aliphatic rings. The lowest BCUT2D eigenvalue weighted by Crippen LogP contribution is -2.36. The zero-order valence-electron chi connectivity index (χ0n) is 20.2. The minimum atomic E-state index is -0.0839. The molecule has 35 heavy (non-hydrogen) atoms. The van der Waals surface area contributed by atoms with E-state index in [1.54, 1.807) is 12.1 Å². The lowest BCUT2D eigenvalue weighted by atomic mass is 9.97. The Morgan fingerprint density at radius 1 is 1.06 bits per heavy atom. The van der Waals surface area contributed by atoms with Gasteiger partial charge in [-0.15, -0.1) is 0 Å². The minimum absolute atomic E-state index is 0.0231. The number of anilines is 1. The zero-order chi connectivity index (χ0) is 24.6. The quantitative estimate of drug-likeness (QED) is 0.461. The van der Waals surface area contributed by atoms with E-state index >= 15 is 0 Å². The molecule has 0 radical (unpaired) electrons. The van der Waals surface area contributed by atoms with Gasteiger partial charge in [0.15, 0.2) is 0 Å². The Morgan fingerprint density at radius 3 is 2.54 bits per heavy atom. The van der Waals surface area contributed by atoms with Crippen LogP contribution in [0.3, 0.4) is 0 Å². The van der Waals surface area contributed by atoms with Crippen molar-refractivity contribution in [1.82, 2.24) is 5.32 Å². The first-order valence-corrected chi connectivity index (χ1v) is 12.4. The predicted octanol–water partition coefficient (Wildman–Crippen LogP) is 5.74. The van der Waals surface area contributed by atoms with Crippen LogP contribution in [0.15, 0.2) is 72.8 Å². The Morgan fingerprint density at radius 2 is 1.83 bits per heavy atom. The van der Waals surface area contributed by atoms with E-state index in [0.29, 0.717) is 30.5 Å². The van der Waals surface area contributed by atoms with E-state index in [0.717, 1.165) is 48.1 Å². The standard InChI is InChI=1S/C30H31N3O2/c1-2-7-27(24-8-4-3-5-9-24)32-30(35)26-16-17-28-25(20-26)10-6-19-33(28)29(34)18-15-22-11-13-23(21-31)14-12-22/h3-5,8-9,11-14,16-17,20,27H,2,6-7,10,15,18-19H2,1H3,(H,32,35). The number of nitrogens with one attached hydrogen (secondary N) is 1. The van der Waals surface area contributed by atoms with E-state index in [2.05, 4.69) is 30.4 Å². The molecule has 178 valence electrons. The second kappa shape index (κ2) is 11.5. The number of carbonyl (C=O) groups is 2. The molecule has 1 heterocycles. The molecular weight excluding hydrogens is 434 g/mol. The summed E-state index contributed by atoms with van der Waals surface area (Å²) in [7, 11) is 0. The fourth-order valence-electron chi connectivity index (χ4n) is 4.67. The molecule has 4 rings (SSSR count). The molecule has 0 saturated carbocycles. The van der Waals surface area contributed by atoms with Crippen LogP contribution in [-0.2, 0) is 17.6 Å². The lowest BCUT2D eigenvalue weighted by Gasteiger charge is -2.30. The van der Waals surface area contributed by atoms with Crippen LogP contribution < -0.4 is 10.2 Å². The van der Waals surface area contributed by atoms with E-state index in [9.17, 15) is 9.59 Å². The number of nitriles is 1. The van der Waals surface area contributed by atoms with Crippen molar-refractivity contribution in [2.24, 2.45) is 0 Å². The first kappa shape index (κ1) is 24.2. The molecule has 0 fully saturated rings. The highest BCUT2D eigenvalue weighted by atomic mass is 16.2. The fraction of sp³-hybridized carbons (Fsp3) is 0.300. The maximum Gasteiger partial charge on any atom is 0.251 e. The van der Waals surface area contributed by atoms with Gasteiger partial charge in [0.25, 0.3) is 5.91 Å². The van der Waals surface area contributed by atoms with Gasteiger partial charge in [0.05, 0.1) is 17.7 Å². The summed E-state index contributed by atoms with van der Waals surface area (Å²) in [6, 6.07) is 25.2. The van der Waals surface area contributed by atoms with E-state index in [1.807, 2.05) is 53.4 Å². The number of benzene rings is 3. The van der Waals surface area contributed by atoms with Crippen LogP contribution in [0.25, 0.3) is 0 Å². The maximum absolute atomic E-state index is 13.1. The van der Waals surface area contributed by atoms with Gasteiger partial charge in [0.1, 0.15) is 0 Å². The normalized spacial score (nSPS) is 13.4. The van der Waals surface area contributed by atoms with Gasteiger partial charge in [0, 0.05) is 24.2 Å². The molecule has 5 nitrogen and oxygen atoms in total. The summed E-state index contributed by atoms with van der Waals surface area (Å²) in [5.74, 6) is -0.000956. The van der Waals surface area contributed by atoms with Gasteiger partial charge in [-0.1, -0.05) is 55.8 Å². The number of hydrogen-bond acceptors (Lipinski definition) is 3. The van der Waals surface area contributed by atoms with Crippen LogP contribution >= 0.6 is 0 Å². The number of amides is 2. The van der Waals surface area contributed by atoms with Crippen LogP contribution in [0, 0.1) is 11.3 Å². The molecule has 5 heteroatoms. The fourth-order valence-corrected chi connectivity index (χ4v) is 4.67. The maximum atomic E-state index is 13.1. The highest BCUT2D eigenvalue weighted by Gasteiger charge is 2.24. The Kier molecular flexibility index (Phi) is 7.95. The molecule has 1 atom stereocenters. The van der Waals surface area contributed by atoms with E-state index in [-0.39, 0.29) is 17.9 Å². The van der Waals surface area contributed by atoms with Crippen molar-refractivity contribution in [2.45, 2.75) is 51.5 Å². The van der Waals surface area contributed by atoms with Gasteiger partial charge in [-0.3, -0.25) is 9.59 Å². The predicted molar refractivity (Wildman–Crippen MR) is 138 cm³/mol. The van der Waals surface area contributed by atoms with Crippen molar-refractivity contribution in [3.05, 3.63) is 101 Å². The third-order valence-electron chi connectivity index (χ3n) is 6.56. The van der Waals surface area contributed by atoms with Crippen LogP contribution in [0.4, 0.5) is 5.69 Å². The first-order valence-electron chi connectivity index (χ1n) is 12.4. The molecule has 3 aromatic carbocycles. The Hall–Kier alpha value is -3.91. The largest absolute Gasteiger partial charge is 0.345 e. The van der Waals surface area contributed by atoms with Gasteiger partial charge >= 0.3 is 0 Å². The van der Waals surface area contributed by atoms with Gasteiger partial charge in [-0.05, 0) is 72.7 Å². The summed E-state index contributed by atoms with van der Waals surface area (Å²) >= 11 is 0. The molecule has 1 unspecified atom stereocenters. The van der Waals surface area contributed by atoms with Gasteiger partial charge in [-0.2, -0.15) is 5.26 Å². The summed E-state index contributed by atoms with van der Waals surface area (Å²) in [5.41, 5.74) is 5.36. The highest BCUT2D eigenvalue weighted by molar-refractivity contribution is 5.98. The Balaban J connectivity index is 1.44. The van der Waals surface area contributed by atoms with E-state index in [4.69, 9.17) is 5.26 Å². The molecule has 0 aromatic heterocycles. The average Bonchev–Trinajstić information content (AvgIpc) is 2.91. The van der Waals surface area contributed by atoms with Gasteiger partial charge in [0.2, 0.25) is 5.91 Å². The first-order chi connectivity index (χ1) is 17.1. The monoisotopic (exact) mass is 465 g/mol. The van der Waals surface area contributed by atoms with Crippen molar-refractivity contribution in [2.75, 3.05) is 11.4 Å². The summed E-state index contributed by atoms with van der Waals surface area (Å²) < 4.78 is 0. The molecule has 0 bridgehead atoms. The van der Waals surface area contributed by atoms with E-state index < -0.39 is 0 Å². The molecule has 1 N–H and O–H groups in total. The van der Waals surface area contributed by atoms with Crippen LogP contribution in [0.2, 0.25) is 0 Å². The summed E-state index contributed by atoms with van der Waals surface area (Å²) in [6.07, 6.45) is 4.63. The zero-order valence-corrected chi connectivity index (χ0v) is 20.2. The number of aryl methyl sites for hydroxylation is 2. The van der Waals surface area contributed by atoms with E-state index in [1.165, 1.54) is 0 Å². The Bertz CT molecular complexity index is 1210. The van der Waals surface area contributed by atoms with Crippen molar-refractivity contribution in [3.63, 3.8) is 0 Å². The molecule has 0 aliphatic carbocycles. The van der Waals surface area contributed by atoms with Crippen molar-refractivity contribution < 1.29 is 9.59 Å². The number of rotatable bonds is 8. The van der Waals surface area contributed by atoms with Crippen molar-refractivity contribution >= 4 is 17.5 Å². The molecule has 2 amide bonds. The summed E-state index contributed by atoms with van der Waals surface area (Å²) in [4.78, 5) is 28.0. The molecule has 0 spiro atoms. The number of hydrogen-bond donors (Lipinski definition) is 1.